The summed E-state index contributed by atoms with van der Waals surface area (Å²) >= 11 is 11.8. The second-order valence-electron chi connectivity index (χ2n) is 4.21. The Morgan fingerprint density at radius 3 is 2.45 bits per heavy atom. The van der Waals surface area contributed by atoms with Gasteiger partial charge in [-0.05, 0) is 24.6 Å². The quantitative estimate of drug-likeness (QED) is 0.869. The predicted octanol–water partition coefficient (Wildman–Crippen LogP) is 4.18. The Hall–Kier alpha value is -1.52. The van der Waals surface area contributed by atoms with Crippen LogP contribution in [0, 0.1) is 0 Å². The van der Waals surface area contributed by atoms with E-state index in [1.165, 1.54) is 0 Å². The highest BCUT2D eigenvalue weighted by Gasteiger charge is 2.02. The monoisotopic (exact) mass is 311 g/mol. The Labute approximate surface area is 128 Å². The van der Waals surface area contributed by atoms with E-state index in [0.29, 0.717) is 22.4 Å². The summed E-state index contributed by atoms with van der Waals surface area (Å²) in [6.45, 7) is 3.29. The molecule has 1 aromatic carbocycles. The number of nitrogens with zero attached hydrogens (tertiary/aromatic N) is 2. The fraction of sp³-hybridized carbons (Fsp3) is 0.286. The van der Waals surface area contributed by atoms with Crippen molar-refractivity contribution in [1.29, 1.82) is 0 Å². The highest BCUT2D eigenvalue weighted by Crippen LogP contribution is 2.24. The second-order valence-corrected chi connectivity index (χ2v) is 5.09. The molecule has 2 aromatic rings. The largest absolute Gasteiger partial charge is 0.487 e. The molecule has 106 valence electrons. The Balaban J connectivity index is 1.93. The van der Waals surface area contributed by atoms with Crippen molar-refractivity contribution in [3.8, 4) is 5.75 Å². The summed E-state index contributed by atoms with van der Waals surface area (Å²) in [5.74, 6) is 1.37. The molecule has 0 atom stereocenters. The molecule has 2 rings (SSSR count). The first kappa shape index (κ1) is 14.9. The fourth-order valence-corrected chi connectivity index (χ4v) is 2.05. The van der Waals surface area contributed by atoms with Crippen LogP contribution in [0.25, 0.3) is 0 Å². The number of aromatic nitrogens is 2. The normalized spacial score (nSPS) is 10.3. The summed E-state index contributed by atoms with van der Waals surface area (Å²) in [5, 5.41) is 4.24. The Morgan fingerprint density at radius 2 is 1.85 bits per heavy atom. The standard InChI is InChI=1S/C14H15Cl2N3O/c1-2-3-17-14-8-18-12(7-19-14)9-20-13-5-10(15)4-11(16)6-13/h4-8H,2-3,9H2,1H3,(H,17,19). The van der Waals surface area contributed by atoms with Gasteiger partial charge < -0.3 is 10.1 Å². The first-order chi connectivity index (χ1) is 9.67. The van der Waals surface area contributed by atoms with Gasteiger partial charge in [0.25, 0.3) is 0 Å². The highest BCUT2D eigenvalue weighted by molar-refractivity contribution is 6.34. The van der Waals surface area contributed by atoms with Crippen LogP contribution in [-0.4, -0.2) is 16.5 Å². The lowest BCUT2D eigenvalue weighted by Gasteiger charge is -2.07. The van der Waals surface area contributed by atoms with Crippen LogP contribution in [-0.2, 0) is 6.61 Å². The van der Waals surface area contributed by atoms with Crippen LogP contribution in [0.5, 0.6) is 5.75 Å². The van der Waals surface area contributed by atoms with Gasteiger partial charge in [-0.15, -0.1) is 0 Å². The zero-order valence-corrected chi connectivity index (χ0v) is 12.6. The number of benzene rings is 1. The van der Waals surface area contributed by atoms with E-state index in [1.54, 1.807) is 30.6 Å². The van der Waals surface area contributed by atoms with E-state index >= 15 is 0 Å². The maximum atomic E-state index is 5.90. The summed E-state index contributed by atoms with van der Waals surface area (Å²) in [6.07, 6.45) is 4.42. The maximum Gasteiger partial charge on any atom is 0.144 e. The van der Waals surface area contributed by atoms with E-state index in [1.807, 2.05) is 0 Å². The molecule has 0 aliphatic heterocycles. The van der Waals surface area contributed by atoms with Gasteiger partial charge in [0.1, 0.15) is 18.2 Å². The molecule has 4 nitrogen and oxygen atoms in total. The van der Waals surface area contributed by atoms with E-state index in [2.05, 4.69) is 22.2 Å². The third-order valence-corrected chi connectivity index (χ3v) is 2.92. The molecule has 0 saturated carbocycles. The van der Waals surface area contributed by atoms with E-state index in [0.717, 1.165) is 24.5 Å². The van der Waals surface area contributed by atoms with E-state index in [4.69, 9.17) is 27.9 Å². The lowest BCUT2D eigenvalue weighted by molar-refractivity contribution is 0.301. The highest BCUT2D eigenvalue weighted by atomic mass is 35.5. The number of hydrogen-bond donors (Lipinski definition) is 1. The Bertz CT molecular complexity index is 541. The van der Waals surface area contributed by atoms with Gasteiger partial charge in [-0.1, -0.05) is 30.1 Å². The lowest BCUT2D eigenvalue weighted by Crippen LogP contribution is -2.04. The van der Waals surface area contributed by atoms with Crippen LogP contribution in [0.1, 0.15) is 19.0 Å². The third kappa shape index (κ3) is 4.54. The van der Waals surface area contributed by atoms with E-state index in [9.17, 15) is 0 Å². The number of rotatable bonds is 6. The van der Waals surface area contributed by atoms with Crippen LogP contribution in [0.4, 0.5) is 5.82 Å². The molecule has 0 aliphatic carbocycles. The smallest absolute Gasteiger partial charge is 0.144 e. The maximum absolute atomic E-state index is 5.90. The zero-order valence-electron chi connectivity index (χ0n) is 11.1. The van der Waals surface area contributed by atoms with Crippen molar-refractivity contribution in [3.05, 3.63) is 46.3 Å². The number of ether oxygens (including phenoxy) is 1. The first-order valence-electron chi connectivity index (χ1n) is 6.31. The minimum Gasteiger partial charge on any atom is -0.487 e. The van der Waals surface area contributed by atoms with E-state index < -0.39 is 0 Å². The molecule has 0 saturated heterocycles. The van der Waals surface area contributed by atoms with Crippen molar-refractivity contribution in [3.63, 3.8) is 0 Å². The van der Waals surface area contributed by atoms with Crippen LogP contribution < -0.4 is 10.1 Å². The van der Waals surface area contributed by atoms with E-state index in [-0.39, 0.29) is 0 Å². The van der Waals surface area contributed by atoms with Gasteiger partial charge in [0, 0.05) is 16.6 Å². The molecule has 0 spiro atoms. The molecule has 0 fully saturated rings. The van der Waals surface area contributed by atoms with Gasteiger partial charge >= 0.3 is 0 Å². The van der Waals surface area contributed by atoms with Crippen LogP contribution >= 0.6 is 23.2 Å². The summed E-state index contributed by atoms with van der Waals surface area (Å²) < 4.78 is 5.58. The molecule has 6 heteroatoms. The van der Waals surface area contributed by atoms with Crippen LogP contribution in [0.15, 0.2) is 30.6 Å². The molecule has 1 heterocycles. The number of hydrogen-bond acceptors (Lipinski definition) is 4. The average Bonchev–Trinajstić information content (AvgIpc) is 2.43. The number of nitrogens with one attached hydrogen (secondary N) is 1. The molecule has 0 radical (unpaired) electrons. The zero-order chi connectivity index (χ0) is 14.4. The lowest BCUT2D eigenvalue weighted by atomic mass is 10.3. The average molecular weight is 312 g/mol. The molecule has 0 aliphatic rings. The molecule has 0 unspecified atom stereocenters. The van der Waals surface area contributed by atoms with Crippen molar-refractivity contribution in [2.75, 3.05) is 11.9 Å². The summed E-state index contributed by atoms with van der Waals surface area (Å²) in [5.41, 5.74) is 0.739. The van der Waals surface area contributed by atoms with Gasteiger partial charge in [-0.3, -0.25) is 4.98 Å². The van der Waals surface area contributed by atoms with Gasteiger partial charge in [0.15, 0.2) is 0 Å². The van der Waals surface area contributed by atoms with Gasteiger partial charge in [-0.2, -0.15) is 0 Å². The molecule has 0 bridgehead atoms. The number of anilines is 1. The van der Waals surface area contributed by atoms with Crippen molar-refractivity contribution in [2.45, 2.75) is 20.0 Å². The molecule has 1 N–H and O–H groups in total. The fourth-order valence-electron chi connectivity index (χ4n) is 1.54. The summed E-state index contributed by atoms with van der Waals surface area (Å²) in [4.78, 5) is 8.53. The minimum absolute atomic E-state index is 0.317. The molecule has 1 aromatic heterocycles. The van der Waals surface area contributed by atoms with Crippen molar-refractivity contribution in [2.24, 2.45) is 0 Å². The van der Waals surface area contributed by atoms with Crippen molar-refractivity contribution in [1.82, 2.24) is 9.97 Å². The number of halogens is 2. The summed E-state index contributed by atoms with van der Waals surface area (Å²) in [6, 6.07) is 5.07. The van der Waals surface area contributed by atoms with Crippen molar-refractivity contribution >= 4 is 29.0 Å². The Morgan fingerprint density at radius 1 is 1.10 bits per heavy atom. The molecule has 0 amide bonds. The second kappa shape index (κ2) is 7.31. The molecular formula is C14H15Cl2N3O. The van der Waals surface area contributed by atoms with Gasteiger partial charge in [-0.25, -0.2) is 4.98 Å². The van der Waals surface area contributed by atoms with Gasteiger partial charge in [0.05, 0.1) is 18.1 Å². The Kier molecular flexibility index (Phi) is 5.44. The van der Waals surface area contributed by atoms with Crippen LogP contribution in [0.2, 0.25) is 10.0 Å². The van der Waals surface area contributed by atoms with Gasteiger partial charge in [0.2, 0.25) is 0 Å². The molecular weight excluding hydrogens is 297 g/mol. The minimum atomic E-state index is 0.317. The van der Waals surface area contributed by atoms with Crippen molar-refractivity contribution < 1.29 is 4.74 Å². The van der Waals surface area contributed by atoms with Crippen LogP contribution in [0.3, 0.4) is 0 Å². The molecule has 20 heavy (non-hydrogen) atoms. The summed E-state index contributed by atoms with van der Waals surface area (Å²) in [7, 11) is 0. The SMILES string of the molecule is CCCNc1cnc(COc2cc(Cl)cc(Cl)c2)cn1. The first-order valence-corrected chi connectivity index (χ1v) is 7.06. The predicted molar refractivity (Wildman–Crippen MR) is 81.6 cm³/mol. The third-order valence-electron chi connectivity index (χ3n) is 2.48. The topological polar surface area (TPSA) is 47.0 Å².